The largest absolute Gasteiger partial charge is 0.377 e. The highest BCUT2D eigenvalue weighted by Crippen LogP contribution is 2.21. The molecule has 0 aromatic heterocycles. The minimum Gasteiger partial charge on any atom is -0.377 e. The van der Waals surface area contributed by atoms with E-state index in [0.717, 1.165) is 18.9 Å². The second kappa shape index (κ2) is 9.32. The second-order valence-electron chi connectivity index (χ2n) is 6.95. The summed E-state index contributed by atoms with van der Waals surface area (Å²) in [6, 6.07) is 21.7. The van der Waals surface area contributed by atoms with Crippen LogP contribution >= 0.6 is 0 Å². The van der Waals surface area contributed by atoms with E-state index in [9.17, 15) is 0 Å². The average molecular weight is 319 g/mol. The topological polar surface area (TPSA) is 3.24 Å². The first kappa shape index (κ1) is 16.8. The van der Waals surface area contributed by atoms with Crippen molar-refractivity contribution >= 4 is 0 Å². The van der Waals surface area contributed by atoms with Crippen molar-refractivity contribution in [2.45, 2.75) is 38.5 Å². The van der Waals surface area contributed by atoms with Crippen LogP contribution in [0, 0.1) is 5.92 Å². The molecule has 0 saturated carbocycles. The molecule has 0 N–H and O–H groups in total. The summed E-state index contributed by atoms with van der Waals surface area (Å²) in [5.41, 5.74) is 2.92. The van der Waals surface area contributed by atoms with Gasteiger partial charge in [-0.05, 0) is 55.3 Å². The fourth-order valence-corrected chi connectivity index (χ4v) is 3.57. The van der Waals surface area contributed by atoms with Gasteiger partial charge in [0.1, 0.15) is 0 Å². The molecule has 126 valence electrons. The van der Waals surface area contributed by atoms with E-state index < -0.39 is 0 Å². The summed E-state index contributed by atoms with van der Waals surface area (Å²) >= 11 is 0. The average Bonchev–Trinajstić information content (AvgIpc) is 2.66. The van der Waals surface area contributed by atoms with E-state index in [1.54, 1.807) is 0 Å². The molecule has 0 spiro atoms. The standard InChI is InChI=1S/C23H29N/c1-3-10-21(11-4-1)14-7-8-15-23-16-9-18-24(20-23)19-17-22-12-5-2-6-13-22/h1-6,9-13,18,23H,7-8,14-17,19-20H2. The van der Waals surface area contributed by atoms with Gasteiger partial charge in [0.2, 0.25) is 0 Å². The van der Waals surface area contributed by atoms with E-state index in [-0.39, 0.29) is 0 Å². The Morgan fingerprint density at radius 1 is 0.792 bits per heavy atom. The Morgan fingerprint density at radius 3 is 2.17 bits per heavy atom. The van der Waals surface area contributed by atoms with Gasteiger partial charge in [-0.2, -0.15) is 0 Å². The molecule has 2 aromatic carbocycles. The third-order valence-corrected chi connectivity index (χ3v) is 4.98. The van der Waals surface area contributed by atoms with E-state index in [0.29, 0.717) is 0 Å². The van der Waals surface area contributed by atoms with Crippen LogP contribution in [0.25, 0.3) is 0 Å². The minimum atomic E-state index is 0.835. The third kappa shape index (κ3) is 5.56. The zero-order chi connectivity index (χ0) is 16.5. The molecule has 0 bridgehead atoms. The second-order valence-corrected chi connectivity index (χ2v) is 6.95. The highest BCUT2D eigenvalue weighted by molar-refractivity contribution is 5.15. The SMILES string of the molecule is C1=CN(CCc2ccccc2)CC(CCCCc2ccccc2)C1. The molecule has 0 amide bonds. The number of allylic oxidation sites excluding steroid dienone is 1. The monoisotopic (exact) mass is 319 g/mol. The first-order valence-electron chi connectivity index (χ1n) is 9.39. The summed E-state index contributed by atoms with van der Waals surface area (Å²) in [5.74, 6) is 0.835. The molecule has 0 radical (unpaired) electrons. The molecule has 3 rings (SSSR count). The van der Waals surface area contributed by atoms with Crippen molar-refractivity contribution in [3.05, 3.63) is 84.1 Å². The molecule has 1 nitrogen and oxygen atoms in total. The van der Waals surface area contributed by atoms with E-state index in [4.69, 9.17) is 0 Å². The highest BCUT2D eigenvalue weighted by atomic mass is 15.1. The van der Waals surface area contributed by atoms with Crippen molar-refractivity contribution in [2.75, 3.05) is 13.1 Å². The van der Waals surface area contributed by atoms with E-state index >= 15 is 0 Å². The number of nitrogens with zero attached hydrogens (tertiary/aromatic N) is 1. The maximum atomic E-state index is 2.51. The first-order valence-corrected chi connectivity index (χ1v) is 9.39. The number of hydrogen-bond acceptors (Lipinski definition) is 1. The van der Waals surface area contributed by atoms with Crippen LogP contribution in [0.1, 0.15) is 36.8 Å². The zero-order valence-electron chi connectivity index (χ0n) is 14.6. The van der Waals surface area contributed by atoms with Gasteiger partial charge < -0.3 is 4.90 Å². The van der Waals surface area contributed by atoms with Crippen LogP contribution in [0.4, 0.5) is 0 Å². The van der Waals surface area contributed by atoms with Gasteiger partial charge in [-0.15, -0.1) is 0 Å². The predicted octanol–water partition coefficient (Wildman–Crippen LogP) is 5.48. The fourth-order valence-electron chi connectivity index (χ4n) is 3.57. The molecule has 0 aliphatic carbocycles. The van der Waals surface area contributed by atoms with Crippen LogP contribution in [0.15, 0.2) is 72.9 Å². The maximum absolute atomic E-state index is 2.51. The Labute approximate surface area is 147 Å². The summed E-state index contributed by atoms with van der Waals surface area (Å²) in [4.78, 5) is 2.51. The lowest BCUT2D eigenvalue weighted by Crippen LogP contribution is -2.29. The van der Waals surface area contributed by atoms with Crippen molar-refractivity contribution in [1.29, 1.82) is 0 Å². The van der Waals surface area contributed by atoms with Gasteiger partial charge in [-0.3, -0.25) is 0 Å². The van der Waals surface area contributed by atoms with Crippen LogP contribution in [-0.4, -0.2) is 18.0 Å². The Morgan fingerprint density at radius 2 is 1.46 bits per heavy atom. The summed E-state index contributed by atoms with van der Waals surface area (Å²) in [7, 11) is 0. The lowest BCUT2D eigenvalue weighted by molar-refractivity contribution is 0.276. The Balaban J connectivity index is 1.35. The van der Waals surface area contributed by atoms with Gasteiger partial charge in [0, 0.05) is 13.1 Å². The molecule has 0 fully saturated rings. The molecule has 1 aliphatic heterocycles. The summed E-state index contributed by atoms with van der Waals surface area (Å²) in [6.07, 6.45) is 12.3. The van der Waals surface area contributed by atoms with Crippen molar-refractivity contribution in [1.82, 2.24) is 4.90 Å². The van der Waals surface area contributed by atoms with Gasteiger partial charge in [-0.1, -0.05) is 73.2 Å². The van der Waals surface area contributed by atoms with E-state index in [1.807, 2.05) is 0 Å². The third-order valence-electron chi connectivity index (χ3n) is 4.98. The lowest BCUT2D eigenvalue weighted by Gasteiger charge is -2.29. The van der Waals surface area contributed by atoms with Gasteiger partial charge in [0.25, 0.3) is 0 Å². The zero-order valence-corrected chi connectivity index (χ0v) is 14.6. The smallest absolute Gasteiger partial charge is 0.0213 e. The normalized spacial score (nSPS) is 17.2. The fraction of sp³-hybridized carbons (Fsp3) is 0.391. The number of benzene rings is 2. The van der Waals surface area contributed by atoms with Crippen LogP contribution < -0.4 is 0 Å². The molecule has 1 heteroatoms. The quantitative estimate of drug-likeness (QED) is 0.583. The maximum Gasteiger partial charge on any atom is 0.0213 e. The van der Waals surface area contributed by atoms with Crippen LogP contribution in [0.2, 0.25) is 0 Å². The van der Waals surface area contributed by atoms with E-state index in [2.05, 4.69) is 77.8 Å². The van der Waals surface area contributed by atoms with Gasteiger partial charge in [-0.25, -0.2) is 0 Å². The first-order chi connectivity index (χ1) is 11.9. The lowest BCUT2D eigenvalue weighted by atomic mass is 9.94. The molecular formula is C23H29N. The van der Waals surface area contributed by atoms with Crippen molar-refractivity contribution in [3.8, 4) is 0 Å². The summed E-state index contributed by atoms with van der Waals surface area (Å²) in [5, 5.41) is 0. The van der Waals surface area contributed by atoms with Crippen molar-refractivity contribution in [2.24, 2.45) is 5.92 Å². The molecular weight excluding hydrogens is 290 g/mol. The molecule has 1 atom stereocenters. The Bertz CT molecular complexity index is 602. The highest BCUT2D eigenvalue weighted by Gasteiger charge is 2.14. The van der Waals surface area contributed by atoms with Crippen LogP contribution in [0.3, 0.4) is 0 Å². The summed E-state index contributed by atoms with van der Waals surface area (Å²) in [6.45, 7) is 2.37. The number of hydrogen-bond donors (Lipinski definition) is 0. The minimum absolute atomic E-state index is 0.835. The van der Waals surface area contributed by atoms with Crippen molar-refractivity contribution < 1.29 is 0 Å². The molecule has 2 aromatic rings. The van der Waals surface area contributed by atoms with Crippen molar-refractivity contribution in [3.63, 3.8) is 0 Å². The molecule has 1 unspecified atom stereocenters. The number of unbranched alkanes of at least 4 members (excludes halogenated alkanes) is 1. The Kier molecular flexibility index (Phi) is 6.53. The number of aryl methyl sites for hydroxylation is 1. The predicted molar refractivity (Wildman–Crippen MR) is 103 cm³/mol. The van der Waals surface area contributed by atoms with E-state index in [1.165, 1.54) is 49.8 Å². The molecule has 0 saturated heterocycles. The Hall–Kier alpha value is -2.02. The molecule has 1 heterocycles. The number of rotatable bonds is 8. The van der Waals surface area contributed by atoms with Gasteiger partial charge in [0.15, 0.2) is 0 Å². The van der Waals surface area contributed by atoms with Gasteiger partial charge >= 0.3 is 0 Å². The van der Waals surface area contributed by atoms with Crippen LogP contribution in [0.5, 0.6) is 0 Å². The molecule has 24 heavy (non-hydrogen) atoms. The summed E-state index contributed by atoms with van der Waals surface area (Å²) < 4.78 is 0. The van der Waals surface area contributed by atoms with Crippen LogP contribution in [-0.2, 0) is 12.8 Å². The van der Waals surface area contributed by atoms with Gasteiger partial charge in [0.05, 0.1) is 0 Å². The molecule has 1 aliphatic rings.